The highest BCUT2D eigenvalue weighted by Gasteiger charge is 2.16. The average Bonchev–Trinajstić information content (AvgIpc) is 3.20. The normalized spacial score (nSPS) is 12.8. The van der Waals surface area contributed by atoms with Crippen LogP contribution in [0.5, 0.6) is 0 Å². The van der Waals surface area contributed by atoms with Crippen LogP contribution in [0.4, 0.5) is 0 Å². The smallest absolute Gasteiger partial charge is 0.0737 e. The number of rotatable bonds is 3. The van der Waals surface area contributed by atoms with Crippen molar-refractivity contribution < 1.29 is 0 Å². The van der Waals surface area contributed by atoms with Crippen LogP contribution in [-0.4, -0.2) is 14.8 Å². The Hall–Kier alpha value is -3.14. The minimum Gasteiger partial charge on any atom is -0.381 e. The van der Waals surface area contributed by atoms with E-state index < -0.39 is 0 Å². The molecule has 3 heterocycles. The molecule has 1 aliphatic heterocycles. The molecule has 4 rings (SSSR count). The lowest BCUT2D eigenvalue weighted by atomic mass is 9.95. The van der Waals surface area contributed by atoms with Crippen LogP contribution in [0.15, 0.2) is 55.9 Å². The summed E-state index contributed by atoms with van der Waals surface area (Å²) in [6.45, 7) is 11.2. The number of hydrogen-bond acceptors (Lipinski definition) is 3. The first kappa shape index (κ1) is 15.4. The van der Waals surface area contributed by atoms with Crippen LogP contribution in [0, 0.1) is 6.92 Å². The molecule has 25 heavy (non-hydrogen) atoms. The number of benzene rings is 1. The first-order valence-electron chi connectivity index (χ1n) is 8.25. The molecule has 1 N–H and O–H groups in total. The molecule has 0 unspecified atom stereocenters. The Balaban J connectivity index is 1.68. The summed E-state index contributed by atoms with van der Waals surface area (Å²) in [5.41, 5.74) is 9.54. The van der Waals surface area contributed by atoms with Gasteiger partial charge in [0.05, 0.1) is 11.9 Å². The van der Waals surface area contributed by atoms with E-state index in [1.54, 1.807) is 4.68 Å². The zero-order chi connectivity index (χ0) is 17.6. The fourth-order valence-electron chi connectivity index (χ4n) is 3.27. The van der Waals surface area contributed by atoms with E-state index in [4.69, 9.17) is 4.98 Å². The first-order chi connectivity index (χ1) is 12.0. The summed E-state index contributed by atoms with van der Waals surface area (Å²) in [5.74, 6) is 0. The van der Waals surface area contributed by atoms with Crippen LogP contribution in [0.1, 0.15) is 27.9 Å². The first-order valence-corrected chi connectivity index (χ1v) is 8.25. The number of pyridine rings is 1. The van der Waals surface area contributed by atoms with Crippen molar-refractivity contribution >= 4 is 11.3 Å². The number of aryl methyl sites for hydroxylation is 2. The lowest BCUT2D eigenvalue weighted by Crippen LogP contribution is -1.98. The Bertz CT molecular complexity index is 1010. The molecule has 4 heteroatoms. The summed E-state index contributed by atoms with van der Waals surface area (Å²) >= 11 is 0. The molecule has 1 aromatic carbocycles. The molecule has 0 bridgehead atoms. The molecule has 0 aliphatic carbocycles. The van der Waals surface area contributed by atoms with Gasteiger partial charge in [0.1, 0.15) is 0 Å². The third-order valence-electron chi connectivity index (χ3n) is 4.68. The second-order valence-corrected chi connectivity index (χ2v) is 6.41. The fraction of sp³-hybridized carbons (Fsp3) is 0.143. The molecule has 0 saturated heterocycles. The van der Waals surface area contributed by atoms with Gasteiger partial charge in [-0.3, -0.25) is 9.67 Å². The Kier molecular flexibility index (Phi) is 3.53. The predicted octanol–water partition coefficient (Wildman–Crippen LogP) is 3.93. The highest BCUT2D eigenvalue weighted by atomic mass is 15.2. The maximum atomic E-state index is 4.75. The van der Waals surface area contributed by atoms with E-state index in [-0.39, 0.29) is 0 Å². The van der Waals surface area contributed by atoms with Crippen molar-refractivity contribution in [2.75, 3.05) is 0 Å². The lowest BCUT2D eigenvalue weighted by Gasteiger charge is -2.11. The van der Waals surface area contributed by atoms with Crippen molar-refractivity contribution in [3.05, 3.63) is 83.8 Å². The molecular weight excluding hydrogens is 308 g/mol. The summed E-state index contributed by atoms with van der Waals surface area (Å²) in [4.78, 5) is 4.75. The zero-order valence-corrected chi connectivity index (χ0v) is 14.5. The molecule has 2 aromatic heterocycles. The van der Waals surface area contributed by atoms with E-state index >= 15 is 0 Å². The highest BCUT2D eigenvalue weighted by molar-refractivity contribution is 5.82. The Morgan fingerprint density at radius 3 is 2.80 bits per heavy atom. The Morgan fingerprint density at radius 1 is 1.24 bits per heavy atom. The van der Waals surface area contributed by atoms with Gasteiger partial charge in [0, 0.05) is 47.9 Å². The van der Waals surface area contributed by atoms with Crippen molar-refractivity contribution in [1.29, 1.82) is 0 Å². The minimum absolute atomic E-state index is 0.826. The van der Waals surface area contributed by atoms with Crippen molar-refractivity contribution in [3.63, 3.8) is 0 Å². The van der Waals surface area contributed by atoms with Crippen LogP contribution in [0.3, 0.4) is 0 Å². The van der Waals surface area contributed by atoms with E-state index in [1.807, 2.05) is 32.4 Å². The highest BCUT2D eigenvalue weighted by Crippen LogP contribution is 2.30. The van der Waals surface area contributed by atoms with Crippen LogP contribution in [0.2, 0.25) is 0 Å². The van der Waals surface area contributed by atoms with Gasteiger partial charge in [0.15, 0.2) is 0 Å². The SMILES string of the molecule is C=C1NCc2cc(C(=C)c3ccc(-c4cnn(C)c4)nc3C)ccc21. The summed E-state index contributed by atoms with van der Waals surface area (Å²) in [6, 6.07) is 10.5. The van der Waals surface area contributed by atoms with Gasteiger partial charge in [-0.25, -0.2) is 0 Å². The van der Waals surface area contributed by atoms with E-state index in [0.29, 0.717) is 0 Å². The van der Waals surface area contributed by atoms with Crippen LogP contribution in [-0.2, 0) is 13.6 Å². The molecule has 4 nitrogen and oxygen atoms in total. The molecule has 124 valence electrons. The number of fused-ring (bicyclic) bond motifs is 1. The van der Waals surface area contributed by atoms with Crippen LogP contribution in [0.25, 0.3) is 22.5 Å². The van der Waals surface area contributed by atoms with E-state index in [2.05, 4.69) is 47.8 Å². The quantitative estimate of drug-likeness (QED) is 0.792. The summed E-state index contributed by atoms with van der Waals surface area (Å²) < 4.78 is 1.78. The zero-order valence-electron chi connectivity index (χ0n) is 14.5. The maximum Gasteiger partial charge on any atom is 0.0737 e. The predicted molar refractivity (Wildman–Crippen MR) is 102 cm³/mol. The topological polar surface area (TPSA) is 42.7 Å². The summed E-state index contributed by atoms with van der Waals surface area (Å²) in [5, 5.41) is 7.50. The van der Waals surface area contributed by atoms with Crippen molar-refractivity contribution in [2.45, 2.75) is 13.5 Å². The van der Waals surface area contributed by atoms with E-state index in [1.165, 1.54) is 11.1 Å². The monoisotopic (exact) mass is 328 g/mol. The summed E-state index contributed by atoms with van der Waals surface area (Å²) in [7, 11) is 1.91. The molecule has 0 amide bonds. The second kappa shape index (κ2) is 5.74. The Labute approximate surface area is 147 Å². The molecule has 0 fully saturated rings. The molecule has 0 atom stereocenters. The van der Waals surface area contributed by atoms with E-state index in [0.717, 1.165) is 45.9 Å². The number of aromatic nitrogens is 3. The minimum atomic E-state index is 0.826. The third kappa shape index (κ3) is 2.66. The Morgan fingerprint density at radius 2 is 2.08 bits per heavy atom. The standard InChI is InChI=1S/C21H20N4/c1-13(16-5-6-20-14(2)22-10-17(20)9-16)19-7-8-21(24-15(19)3)18-11-23-25(4)12-18/h5-9,11-12,22H,1-2,10H2,3-4H3. The maximum absolute atomic E-state index is 4.75. The fourth-order valence-corrected chi connectivity index (χ4v) is 3.27. The number of nitrogens with one attached hydrogen (secondary N) is 1. The summed E-state index contributed by atoms with van der Waals surface area (Å²) in [6.07, 6.45) is 3.80. The molecule has 1 aliphatic rings. The largest absolute Gasteiger partial charge is 0.381 e. The average molecular weight is 328 g/mol. The third-order valence-corrected chi connectivity index (χ3v) is 4.68. The van der Waals surface area contributed by atoms with Gasteiger partial charge >= 0.3 is 0 Å². The van der Waals surface area contributed by atoms with Gasteiger partial charge in [-0.1, -0.05) is 31.4 Å². The van der Waals surface area contributed by atoms with Crippen molar-refractivity contribution in [1.82, 2.24) is 20.1 Å². The van der Waals surface area contributed by atoms with Crippen LogP contribution < -0.4 is 5.32 Å². The van der Waals surface area contributed by atoms with Gasteiger partial charge in [0.2, 0.25) is 0 Å². The molecule has 3 aromatic rings. The number of nitrogens with zero attached hydrogens (tertiary/aromatic N) is 3. The second-order valence-electron chi connectivity index (χ2n) is 6.41. The van der Waals surface area contributed by atoms with Gasteiger partial charge < -0.3 is 5.32 Å². The molecule has 0 radical (unpaired) electrons. The van der Waals surface area contributed by atoms with E-state index in [9.17, 15) is 0 Å². The molecular formula is C21H20N4. The molecule has 0 saturated carbocycles. The van der Waals surface area contributed by atoms with Crippen LogP contribution >= 0.6 is 0 Å². The van der Waals surface area contributed by atoms with Crippen molar-refractivity contribution in [2.24, 2.45) is 7.05 Å². The van der Waals surface area contributed by atoms with Gasteiger partial charge in [-0.2, -0.15) is 5.10 Å². The van der Waals surface area contributed by atoms with Crippen molar-refractivity contribution in [3.8, 4) is 11.3 Å². The molecule has 0 spiro atoms. The number of hydrogen-bond donors (Lipinski definition) is 1. The van der Waals surface area contributed by atoms with Gasteiger partial charge in [0.25, 0.3) is 0 Å². The lowest BCUT2D eigenvalue weighted by molar-refractivity contribution is 0.768. The van der Waals surface area contributed by atoms with Gasteiger partial charge in [-0.05, 0) is 35.8 Å². The van der Waals surface area contributed by atoms with Gasteiger partial charge in [-0.15, -0.1) is 0 Å².